The minimum atomic E-state index is -0.532. The van der Waals surface area contributed by atoms with Crippen LogP contribution in [0.1, 0.15) is 10.6 Å². The van der Waals surface area contributed by atoms with E-state index in [4.69, 9.17) is 11.6 Å². The number of carbonyl (C=O) groups excluding carboxylic acids is 1. The van der Waals surface area contributed by atoms with Crippen molar-refractivity contribution in [1.82, 2.24) is 10.2 Å². The molecular weight excluding hydrogens is 363 g/mol. The summed E-state index contributed by atoms with van der Waals surface area (Å²) < 4.78 is 13.1. The number of benzene rings is 2. The number of rotatable bonds is 5. The van der Waals surface area contributed by atoms with Crippen molar-refractivity contribution in [3.05, 3.63) is 63.9 Å². The van der Waals surface area contributed by atoms with Crippen molar-refractivity contribution in [3.8, 4) is 0 Å². The van der Waals surface area contributed by atoms with Crippen LogP contribution in [0.4, 0.5) is 20.9 Å². The van der Waals surface area contributed by atoms with Gasteiger partial charge in [-0.2, -0.15) is 0 Å². The summed E-state index contributed by atoms with van der Waals surface area (Å²) in [5, 5.41) is 15.0. The number of aromatic nitrogens is 2. The Balaban J connectivity index is 1.60. The van der Waals surface area contributed by atoms with Crippen LogP contribution in [-0.4, -0.2) is 16.1 Å². The number of hydrogen-bond acceptors (Lipinski definition) is 5. The molecule has 0 saturated heterocycles. The third-order valence-electron chi connectivity index (χ3n) is 3.25. The Morgan fingerprint density at radius 2 is 2.04 bits per heavy atom. The van der Waals surface area contributed by atoms with Gasteiger partial charge in [0.15, 0.2) is 0 Å². The molecule has 5 nitrogen and oxygen atoms in total. The Kier molecular flexibility index (Phi) is 5.25. The predicted molar refractivity (Wildman–Crippen MR) is 98.1 cm³/mol. The van der Waals surface area contributed by atoms with Crippen LogP contribution in [0.15, 0.2) is 42.5 Å². The molecule has 0 spiro atoms. The standard InChI is InChI=1S/C17H14ClFN4OS/c1-10-3-2-4-11(7-10)21-17-23-22-16(25-17)9-15(24)20-12-5-6-14(19)13(18)8-12/h2-8H,9H2,1H3,(H,20,24)(H,21,23). The topological polar surface area (TPSA) is 66.9 Å². The SMILES string of the molecule is Cc1cccc(Nc2nnc(CC(=O)Nc3ccc(F)c(Cl)c3)s2)c1. The average Bonchev–Trinajstić information content (AvgIpc) is 2.98. The molecule has 0 aliphatic carbocycles. The Labute approximate surface area is 152 Å². The Bertz CT molecular complexity index is 915. The zero-order valence-electron chi connectivity index (χ0n) is 13.2. The molecule has 1 amide bonds. The summed E-state index contributed by atoms with van der Waals surface area (Å²) in [5.74, 6) is -0.809. The van der Waals surface area contributed by atoms with Crippen LogP contribution in [0.5, 0.6) is 0 Å². The smallest absolute Gasteiger partial charge is 0.231 e. The van der Waals surface area contributed by atoms with Gasteiger partial charge in [0.25, 0.3) is 0 Å². The van der Waals surface area contributed by atoms with Gasteiger partial charge in [0, 0.05) is 11.4 Å². The lowest BCUT2D eigenvalue weighted by Crippen LogP contribution is -2.14. The highest BCUT2D eigenvalue weighted by atomic mass is 35.5. The average molecular weight is 377 g/mol. The lowest BCUT2D eigenvalue weighted by atomic mass is 10.2. The van der Waals surface area contributed by atoms with Gasteiger partial charge in [-0.3, -0.25) is 4.79 Å². The zero-order valence-corrected chi connectivity index (χ0v) is 14.8. The fourth-order valence-electron chi connectivity index (χ4n) is 2.14. The number of aryl methyl sites for hydroxylation is 1. The van der Waals surface area contributed by atoms with Gasteiger partial charge < -0.3 is 10.6 Å². The van der Waals surface area contributed by atoms with Gasteiger partial charge in [-0.1, -0.05) is 35.1 Å². The highest BCUT2D eigenvalue weighted by Gasteiger charge is 2.11. The van der Waals surface area contributed by atoms with Gasteiger partial charge in [-0.15, -0.1) is 10.2 Å². The molecule has 3 aromatic rings. The highest BCUT2D eigenvalue weighted by Crippen LogP contribution is 2.23. The fraction of sp³-hybridized carbons (Fsp3) is 0.118. The summed E-state index contributed by atoms with van der Waals surface area (Å²) in [7, 11) is 0. The summed E-state index contributed by atoms with van der Waals surface area (Å²) in [6, 6.07) is 11.9. The molecule has 0 saturated carbocycles. The maximum absolute atomic E-state index is 13.1. The van der Waals surface area contributed by atoms with E-state index < -0.39 is 5.82 Å². The van der Waals surface area contributed by atoms with Gasteiger partial charge in [0.05, 0.1) is 11.4 Å². The minimum absolute atomic E-state index is 0.0432. The molecule has 3 rings (SSSR count). The van der Waals surface area contributed by atoms with Crippen molar-refractivity contribution in [1.29, 1.82) is 0 Å². The highest BCUT2D eigenvalue weighted by molar-refractivity contribution is 7.15. The number of halogens is 2. The molecule has 2 aromatic carbocycles. The van der Waals surface area contributed by atoms with Crippen LogP contribution in [0.25, 0.3) is 0 Å². The molecule has 0 aliphatic heterocycles. The van der Waals surface area contributed by atoms with Crippen molar-refractivity contribution in [2.24, 2.45) is 0 Å². The first-order valence-electron chi connectivity index (χ1n) is 7.40. The van der Waals surface area contributed by atoms with Crippen LogP contribution in [-0.2, 0) is 11.2 Å². The second-order valence-electron chi connectivity index (χ2n) is 5.35. The van der Waals surface area contributed by atoms with E-state index in [1.807, 2.05) is 31.2 Å². The number of amides is 1. The fourth-order valence-corrected chi connectivity index (χ4v) is 3.08. The Morgan fingerprint density at radius 3 is 2.80 bits per heavy atom. The maximum Gasteiger partial charge on any atom is 0.231 e. The molecule has 1 aromatic heterocycles. The van der Waals surface area contributed by atoms with Crippen molar-refractivity contribution in [2.75, 3.05) is 10.6 Å². The van der Waals surface area contributed by atoms with Crippen LogP contribution in [0.3, 0.4) is 0 Å². The van der Waals surface area contributed by atoms with Gasteiger partial charge >= 0.3 is 0 Å². The molecule has 0 fully saturated rings. The van der Waals surface area contributed by atoms with Crippen LogP contribution < -0.4 is 10.6 Å². The van der Waals surface area contributed by atoms with Crippen LogP contribution >= 0.6 is 22.9 Å². The lowest BCUT2D eigenvalue weighted by Gasteiger charge is -2.04. The van der Waals surface area contributed by atoms with E-state index in [0.717, 1.165) is 11.3 Å². The first-order chi connectivity index (χ1) is 12.0. The molecule has 128 valence electrons. The van der Waals surface area contributed by atoms with Crippen molar-refractivity contribution >= 4 is 45.4 Å². The molecule has 0 atom stereocenters. The third-order valence-corrected chi connectivity index (χ3v) is 4.38. The van der Waals surface area contributed by atoms with E-state index in [1.165, 1.54) is 29.5 Å². The zero-order chi connectivity index (χ0) is 17.8. The second kappa shape index (κ2) is 7.58. The molecule has 0 aliphatic rings. The first-order valence-corrected chi connectivity index (χ1v) is 8.60. The first kappa shape index (κ1) is 17.3. The van der Waals surface area contributed by atoms with Crippen LogP contribution in [0.2, 0.25) is 5.02 Å². The summed E-state index contributed by atoms with van der Waals surface area (Å²) in [4.78, 5) is 12.1. The number of nitrogens with zero attached hydrogens (tertiary/aromatic N) is 2. The molecule has 0 bridgehead atoms. The normalized spacial score (nSPS) is 10.5. The number of anilines is 3. The quantitative estimate of drug-likeness (QED) is 0.684. The van der Waals surface area contributed by atoms with Gasteiger partial charge in [0.2, 0.25) is 11.0 Å². The predicted octanol–water partition coefficient (Wildman–Crippen LogP) is 4.56. The number of nitrogens with one attached hydrogen (secondary N) is 2. The van der Waals surface area contributed by atoms with E-state index in [0.29, 0.717) is 15.8 Å². The Hall–Kier alpha value is -2.51. The summed E-state index contributed by atoms with van der Waals surface area (Å²) >= 11 is 6.99. The van der Waals surface area contributed by atoms with Gasteiger partial charge in [0.1, 0.15) is 10.8 Å². The summed E-state index contributed by atoms with van der Waals surface area (Å²) in [5.41, 5.74) is 2.47. The van der Waals surface area contributed by atoms with Crippen molar-refractivity contribution in [3.63, 3.8) is 0 Å². The summed E-state index contributed by atoms with van der Waals surface area (Å²) in [6.45, 7) is 2.00. The van der Waals surface area contributed by atoms with E-state index in [-0.39, 0.29) is 17.4 Å². The lowest BCUT2D eigenvalue weighted by molar-refractivity contribution is -0.115. The molecule has 2 N–H and O–H groups in total. The molecule has 8 heteroatoms. The van der Waals surface area contributed by atoms with Crippen molar-refractivity contribution < 1.29 is 9.18 Å². The minimum Gasteiger partial charge on any atom is -0.330 e. The molecular formula is C17H14ClFN4OS. The second-order valence-corrected chi connectivity index (χ2v) is 6.82. The Morgan fingerprint density at radius 1 is 1.20 bits per heavy atom. The van der Waals surface area contributed by atoms with E-state index >= 15 is 0 Å². The largest absolute Gasteiger partial charge is 0.330 e. The van der Waals surface area contributed by atoms with Crippen LogP contribution in [0, 0.1) is 12.7 Å². The van der Waals surface area contributed by atoms with Crippen molar-refractivity contribution in [2.45, 2.75) is 13.3 Å². The van der Waals surface area contributed by atoms with Gasteiger partial charge in [-0.25, -0.2) is 4.39 Å². The van der Waals surface area contributed by atoms with E-state index in [2.05, 4.69) is 20.8 Å². The maximum atomic E-state index is 13.1. The molecule has 25 heavy (non-hydrogen) atoms. The molecule has 0 unspecified atom stereocenters. The number of hydrogen-bond donors (Lipinski definition) is 2. The van der Waals surface area contributed by atoms with Gasteiger partial charge in [-0.05, 0) is 42.8 Å². The van der Waals surface area contributed by atoms with E-state index in [9.17, 15) is 9.18 Å². The molecule has 0 radical (unpaired) electrons. The van der Waals surface area contributed by atoms with E-state index in [1.54, 1.807) is 0 Å². The monoisotopic (exact) mass is 376 g/mol. The molecule has 1 heterocycles. The number of carbonyl (C=O) groups is 1. The summed E-state index contributed by atoms with van der Waals surface area (Å²) in [6.07, 6.45) is 0.0716. The third kappa shape index (κ3) is 4.74.